The number of Topliss-reactive ketones (excluding diaryl/α,β-unsaturated/α-hetero) is 4. The van der Waals surface area contributed by atoms with Crippen molar-refractivity contribution in [3.63, 3.8) is 0 Å². The SMILES string of the molecule is O=C(CO)CCC(=O)C(=O)O.O=C(CO)CCC(=O)C(=O)O.[Ca]. The van der Waals surface area contributed by atoms with E-state index in [2.05, 4.69) is 0 Å². The molecule has 4 N–H and O–H groups in total. The molecule has 10 nitrogen and oxygen atoms in total. The molecule has 23 heavy (non-hydrogen) atoms. The molecule has 0 spiro atoms. The van der Waals surface area contributed by atoms with Gasteiger partial charge >= 0.3 is 11.9 Å². The van der Waals surface area contributed by atoms with Gasteiger partial charge in [-0.3, -0.25) is 19.2 Å². The van der Waals surface area contributed by atoms with E-state index >= 15 is 0 Å². The molecule has 126 valence electrons. The van der Waals surface area contributed by atoms with Crippen molar-refractivity contribution in [3.05, 3.63) is 0 Å². The van der Waals surface area contributed by atoms with Crippen LogP contribution in [-0.4, -0.2) is 106 Å². The van der Waals surface area contributed by atoms with Crippen LogP contribution < -0.4 is 0 Å². The Morgan fingerprint density at radius 3 is 1.00 bits per heavy atom. The molecule has 11 heteroatoms. The molecule has 0 aromatic heterocycles. The molecular weight excluding hydrogens is 344 g/mol. The second-order valence-electron chi connectivity index (χ2n) is 3.85. The van der Waals surface area contributed by atoms with Gasteiger partial charge in [-0.25, -0.2) is 9.59 Å². The number of rotatable bonds is 10. The van der Waals surface area contributed by atoms with Crippen LogP contribution in [0.4, 0.5) is 0 Å². The summed E-state index contributed by atoms with van der Waals surface area (Å²) in [6.07, 6.45) is -1.09. The zero-order valence-corrected chi connectivity index (χ0v) is 14.4. The molecule has 0 aliphatic heterocycles. The third-order valence-corrected chi connectivity index (χ3v) is 2.09. The molecule has 0 aromatic carbocycles. The predicted molar refractivity (Wildman–Crippen MR) is 73.7 cm³/mol. The summed E-state index contributed by atoms with van der Waals surface area (Å²) < 4.78 is 0. The molecule has 0 atom stereocenters. The van der Waals surface area contributed by atoms with Crippen LogP contribution in [-0.2, 0) is 28.8 Å². The fraction of sp³-hybridized carbons (Fsp3) is 0.500. The molecule has 0 amide bonds. The summed E-state index contributed by atoms with van der Waals surface area (Å²) in [7, 11) is 0. The number of hydrogen-bond acceptors (Lipinski definition) is 8. The number of aliphatic hydroxyl groups excluding tert-OH is 2. The Hall–Kier alpha value is -1.20. The smallest absolute Gasteiger partial charge is 0.372 e. The maximum absolute atomic E-state index is 10.3. The quantitative estimate of drug-likeness (QED) is 0.241. The molecule has 0 rings (SSSR count). The number of hydrogen-bond donors (Lipinski definition) is 4. The zero-order chi connectivity index (χ0) is 17.7. The van der Waals surface area contributed by atoms with Crippen LogP contribution in [0.3, 0.4) is 0 Å². The van der Waals surface area contributed by atoms with Gasteiger partial charge in [-0.05, 0) is 0 Å². The molecule has 0 fully saturated rings. The summed E-state index contributed by atoms with van der Waals surface area (Å²) in [4.78, 5) is 61.1. The normalized spacial score (nSPS) is 8.78. The molecule has 0 bridgehead atoms. The summed E-state index contributed by atoms with van der Waals surface area (Å²) in [5.74, 6) is -6.16. The largest absolute Gasteiger partial charge is 0.476 e. The number of aliphatic carboxylic acids is 2. The topological polar surface area (TPSA) is 183 Å². The van der Waals surface area contributed by atoms with Crippen molar-refractivity contribution in [2.45, 2.75) is 25.7 Å². The van der Waals surface area contributed by atoms with Gasteiger partial charge in [0.25, 0.3) is 0 Å². The van der Waals surface area contributed by atoms with E-state index < -0.39 is 48.3 Å². The Morgan fingerprint density at radius 2 is 0.826 bits per heavy atom. The van der Waals surface area contributed by atoms with Crippen LogP contribution in [0.25, 0.3) is 0 Å². The van der Waals surface area contributed by atoms with E-state index in [9.17, 15) is 28.8 Å². The number of carboxylic acids is 2. The predicted octanol–water partition coefficient (Wildman–Crippen LogP) is -2.42. The van der Waals surface area contributed by atoms with Gasteiger partial charge in [-0.15, -0.1) is 0 Å². The molecular formula is C12H16CaO10. The third kappa shape index (κ3) is 17.0. The maximum Gasteiger partial charge on any atom is 0.372 e. The monoisotopic (exact) mass is 360 g/mol. The van der Waals surface area contributed by atoms with Crippen LogP contribution in [0, 0.1) is 0 Å². The summed E-state index contributed by atoms with van der Waals surface area (Å²) in [6.45, 7) is -1.29. The molecule has 0 unspecified atom stereocenters. The average molecular weight is 360 g/mol. The number of carbonyl (C=O) groups is 6. The zero-order valence-electron chi connectivity index (χ0n) is 12.2. The van der Waals surface area contributed by atoms with Gasteiger partial charge in [0.2, 0.25) is 11.6 Å². The first kappa shape index (κ1) is 26.7. The second kappa shape index (κ2) is 15.7. The Kier molecular flexibility index (Phi) is 18.2. The standard InChI is InChI=1S/2C6H8O5.Ca/c2*7-3-4(8)1-2-5(9)6(10)11;/h2*7H,1-3H2,(H,10,11);. The number of aliphatic hydroxyl groups is 2. The minimum Gasteiger partial charge on any atom is -0.476 e. The van der Waals surface area contributed by atoms with E-state index in [0.717, 1.165) is 0 Å². The Morgan fingerprint density at radius 1 is 0.565 bits per heavy atom. The van der Waals surface area contributed by atoms with Crippen LogP contribution >= 0.6 is 0 Å². The van der Waals surface area contributed by atoms with Gasteiger partial charge in [0, 0.05) is 63.4 Å². The van der Waals surface area contributed by atoms with E-state index in [1.165, 1.54) is 0 Å². The van der Waals surface area contributed by atoms with Gasteiger partial charge in [-0.1, -0.05) is 0 Å². The van der Waals surface area contributed by atoms with Crippen molar-refractivity contribution >= 4 is 72.8 Å². The van der Waals surface area contributed by atoms with Crippen LogP contribution in [0.1, 0.15) is 25.7 Å². The minimum atomic E-state index is -1.55. The number of carbonyl (C=O) groups excluding carboxylic acids is 4. The fourth-order valence-electron chi connectivity index (χ4n) is 0.878. The molecule has 2 radical (unpaired) electrons. The average Bonchev–Trinajstić information content (AvgIpc) is 2.49. The first-order chi connectivity index (χ1) is 10.1. The van der Waals surface area contributed by atoms with Crippen molar-refractivity contribution < 1.29 is 49.2 Å². The molecule has 0 heterocycles. The Balaban J connectivity index is -0.000000333. The van der Waals surface area contributed by atoms with Crippen molar-refractivity contribution in [2.75, 3.05) is 13.2 Å². The van der Waals surface area contributed by atoms with Gasteiger partial charge in [0.05, 0.1) is 0 Å². The third-order valence-electron chi connectivity index (χ3n) is 2.09. The number of ketones is 4. The summed E-state index contributed by atoms with van der Waals surface area (Å²) in [5.41, 5.74) is 0. The van der Waals surface area contributed by atoms with E-state index in [-0.39, 0.29) is 63.4 Å². The van der Waals surface area contributed by atoms with E-state index in [1.807, 2.05) is 0 Å². The van der Waals surface area contributed by atoms with Crippen LogP contribution in [0.5, 0.6) is 0 Å². The van der Waals surface area contributed by atoms with E-state index in [4.69, 9.17) is 20.4 Å². The van der Waals surface area contributed by atoms with Crippen LogP contribution in [0.15, 0.2) is 0 Å². The minimum absolute atomic E-state index is 0. The Bertz CT molecular complexity index is 415. The molecule has 0 aliphatic rings. The Labute approximate surface area is 160 Å². The van der Waals surface area contributed by atoms with E-state index in [1.54, 1.807) is 0 Å². The van der Waals surface area contributed by atoms with Gasteiger partial charge in [0.15, 0.2) is 11.6 Å². The maximum atomic E-state index is 10.3. The molecule has 0 saturated heterocycles. The second-order valence-corrected chi connectivity index (χ2v) is 3.85. The number of carboxylic acid groups (broad SMARTS) is 2. The fourth-order valence-corrected chi connectivity index (χ4v) is 0.878. The molecule has 0 aliphatic carbocycles. The first-order valence-corrected chi connectivity index (χ1v) is 5.93. The van der Waals surface area contributed by atoms with Gasteiger partial charge in [-0.2, -0.15) is 0 Å². The first-order valence-electron chi connectivity index (χ1n) is 5.93. The molecule has 0 aromatic rings. The van der Waals surface area contributed by atoms with Gasteiger partial charge < -0.3 is 20.4 Å². The summed E-state index contributed by atoms with van der Waals surface area (Å²) in [5, 5.41) is 32.4. The van der Waals surface area contributed by atoms with Crippen molar-refractivity contribution in [3.8, 4) is 0 Å². The van der Waals surface area contributed by atoms with Crippen LogP contribution in [0.2, 0.25) is 0 Å². The van der Waals surface area contributed by atoms with Crippen molar-refractivity contribution in [1.82, 2.24) is 0 Å². The van der Waals surface area contributed by atoms with Gasteiger partial charge in [0.1, 0.15) is 13.2 Å². The summed E-state index contributed by atoms with van der Waals surface area (Å²) in [6, 6.07) is 0. The summed E-state index contributed by atoms with van der Waals surface area (Å²) >= 11 is 0. The molecule has 0 saturated carbocycles. The van der Waals surface area contributed by atoms with Crippen molar-refractivity contribution in [2.24, 2.45) is 0 Å². The van der Waals surface area contributed by atoms with E-state index in [0.29, 0.717) is 0 Å². The van der Waals surface area contributed by atoms with Crippen molar-refractivity contribution in [1.29, 1.82) is 0 Å².